The minimum absolute atomic E-state index is 0.0181. The number of thiocarbonyl (C=S) groups is 1. The van der Waals surface area contributed by atoms with E-state index in [0.29, 0.717) is 0 Å². The molecular weight excluding hydrogens is 325 g/mol. The van der Waals surface area contributed by atoms with Gasteiger partial charge in [0.25, 0.3) is 5.72 Å². The van der Waals surface area contributed by atoms with Gasteiger partial charge in [0.15, 0.2) is 5.11 Å². The van der Waals surface area contributed by atoms with Crippen LogP contribution in [0.15, 0.2) is 22.8 Å². The highest BCUT2D eigenvalue weighted by atomic mass is 32.1. The van der Waals surface area contributed by atoms with E-state index >= 15 is 0 Å². The molecule has 1 saturated heterocycles. The Bertz CT molecular complexity index is 563. The molecule has 6 nitrogen and oxygen atoms in total. The molecule has 0 aliphatic carbocycles. The van der Waals surface area contributed by atoms with Crippen molar-refractivity contribution in [2.24, 2.45) is 5.92 Å². The zero-order valence-corrected chi connectivity index (χ0v) is 12.1. The van der Waals surface area contributed by atoms with Crippen LogP contribution in [-0.2, 0) is 9.53 Å². The molecule has 3 atom stereocenters. The Morgan fingerprint density at radius 2 is 2.27 bits per heavy atom. The van der Waals surface area contributed by atoms with Crippen molar-refractivity contribution in [1.29, 1.82) is 0 Å². The summed E-state index contributed by atoms with van der Waals surface area (Å²) in [6.45, 7) is 1.30. The van der Waals surface area contributed by atoms with Crippen LogP contribution in [0.5, 0.6) is 0 Å². The summed E-state index contributed by atoms with van der Waals surface area (Å²) in [5.74, 6) is -3.25. The SMILES string of the molecule is CCOC(=O)[C@H]1[C@H](c2ccco2)NC(=S)N[C@@]1(O)C(F)(F)F. The molecule has 1 aromatic heterocycles. The molecule has 3 N–H and O–H groups in total. The molecule has 22 heavy (non-hydrogen) atoms. The number of hydrogen-bond donors (Lipinski definition) is 3. The van der Waals surface area contributed by atoms with Crippen LogP contribution in [0.25, 0.3) is 0 Å². The first kappa shape index (κ1) is 16.6. The summed E-state index contributed by atoms with van der Waals surface area (Å²) in [5.41, 5.74) is -3.57. The van der Waals surface area contributed by atoms with E-state index in [1.54, 1.807) is 5.32 Å². The molecule has 0 radical (unpaired) electrons. The molecule has 0 bridgehead atoms. The van der Waals surface area contributed by atoms with Gasteiger partial charge in [0.05, 0.1) is 12.9 Å². The summed E-state index contributed by atoms with van der Waals surface area (Å²) < 4.78 is 49.7. The van der Waals surface area contributed by atoms with E-state index in [9.17, 15) is 23.1 Å². The number of nitrogens with one attached hydrogen (secondary N) is 2. The lowest BCUT2D eigenvalue weighted by Gasteiger charge is -2.44. The highest BCUT2D eigenvalue weighted by Gasteiger charge is 2.67. The van der Waals surface area contributed by atoms with Gasteiger partial charge in [-0.3, -0.25) is 4.79 Å². The number of ether oxygens (including phenoxy) is 1. The third-order valence-corrected chi connectivity index (χ3v) is 3.42. The first-order valence-electron chi connectivity index (χ1n) is 6.28. The number of aliphatic hydroxyl groups is 1. The zero-order chi connectivity index (χ0) is 16.5. The second-order valence-electron chi connectivity index (χ2n) is 4.59. The molecule has 2 heterocycles. The van der Waals surface area contributed by atoms with Crippen LogP contribution in [0.1, 0.15) is 18.7 Å². The Morgan fingerprint density at radius 3 is 2.77 bits per heavy atom. The van der Waals surface area contributed by atoms with Crippen LogP contribution in [0.4, 0.5) is 13.2 Å². The fourth-order valence-corrected chi connectivity index (χ4v) is 2.52. The number of esters is 1. The van der Waals surface area contributed by atoms with E-state index in [0.717, 1.165) is 0 Å². The molecule has 1 aliphatic heterocycles. The first-order valence-corrected chi connectivity index (χ1v) is 6.69. The topological polar surface area (TPSA) is 83.7 Å². The summed E-state index contributed by atoms with van der Waals surface area (Å²) in [6, 6.07) is 1.49. The average molecular weight is 338 g/mol. The lowest BCUT2D eigenvalue weighted by Crippen LogP contribution is -2.72. The highest BCUT2D eigenvalue weighted by Crippen LogP contribution is 2.43. The van der Waals surface area contributed by atoms with Crippen LogP contribution in [0.2, 0.25) is 0 Å². The predicted molar refractivity (Wildman–Crippen MR) is 71.4 cm³/mol. The van der Waals surface area contributed by atoms with Crippen molar-refractivity contribution in [3.8, 4) is 0 Å². The molecule has 1 aliphatic rings. The summed E-state index contributed by atoms with van der Waals surface area (Å²) in [5, 5.41) is 13.9. The van der Waals surface area contributed by atoms with Crippen LogP contribution >= 0.6 is 12.2 Å². The largest absolute Gasteiger partial charge is 0.467 e. The molecule has 1 aromatic rings. The number of halogens is 3. The monoisotopic (exact) mass is 338 g/mol. The van der Waals surface area contributed by atoms with Gasteiger partial charge in [0.1, 0.15) is 17.7 Å². The van der Waals surface area contributed by atoms with Crippen molar-refractivity contribution < 1.29 is 32.2 Å². The van der Waals surface area contributed by atoms with E-state index in [-0.39, 0.29) is 12.4 Å². The maximum atomic E-state index is 13.3. The first-order chi connectivity index (χ1) is 10.2. The Labute approximate surface area is 128 Å². The number of carbonyl (C=O) groups is 1. The highest BCUT2D eigenvalue weighted by molar-refractivity contribution is 7.80. The molecule has 2 rings (SSSR count). The Morgan fingerprint density at radius 1 is 1.59 bits per heavy atom. The third kappa shape index (κ3) is 2.75. The molecular formula is C12H13F3N2O4S. The maximum absolute atomic E-state index is 13.3. The lowest BCUT2D eigenvalue weighted by atomic mass is 9.84. The molecule has 122 valence electrons. The molecule has 0 amide bonds. The standard InChI is InChI=1S/C12H13F3N2O4S/c1-2-20-9(18)7-8(6-4-3-5-21-6)16-10(22)17-11(7,19)12(13,14)15/h3-5,7-8,19H,2H2,1H3,(H2,16,17,22)/t7-,8+,11+/m1/s1. The Kier molecular flexibility index (Phi) is 4.34. The van der Waals surface area contributed by atoms with Crippen LogP contribution in [0.3, 0.4) is 0 Å². The Balaban J connectivity index is 2.51. The van der Waals surface area contributed by atoms with E-state index < -0.39 is 34.9 Å². The van der Waals surface area contributed by atoms with E-state index in [2.05, 4.69) is 10.1 Å². The number of carbonyl (C=O) groups excluding carboxylic acids is 1. The zero-order valence-electron chi connectivity index (χ0n) is 11.3. The molecule has 10 heteroatoms. The minimum atomic E-state index is -5.17. The van der Waals surface area contributed by atoms with Crippen molar-refractivity contribution in [3.05, 3.63) is 24.2 Å². The Hall–Kier alpha value is -1.81. The van der Waals surface area contributed by atoms with Gasteiger partial charge in [0.2, 0.25) is 0 Å². The number of furan rings is 1. The molecule has 0 aromatic carbocycles. The second-order valence-corrected chi connectivity index (χ2v) is 4.99. The van der Waals surface area contributed by atoms with E-state index in [1.165, 1.54) is 25.3 Å². The number of alkyl halides is 3. The van der Waals surface area contributed by atoms with Crippen molar-refractivity contribution >= 4 is 23.3 Å². The van der Waals surface area contributed by atoms with Crippen molar-refractivity contribution in [1.82, 2.24) is 10.6 Å². The maximum Gasteiger partial charge on any atom is 0.437 e. The normalized spacial score (nSPS) is 28.7. The van der Waals surface area contributed by atoms with Gasteiger partial charge in [-0.1, -0.05) is 0 Å². The van der Waals surface area contributed by atoms with Gasteiger partial charge in [-0.15, -0.1) is 0 Å². The average Bonchev–Trinajstić information content (AvgIpc) is 2.90. The summed E-state index contributed by atoms with van der Waals surface area (Å²) in [7, 11) is 0. The summed E-state index contributed by atoms with van der Waals surface area (Å²) in [6.07, 6.45) is -3.93. The molecule has 1 fully saturated rings. The lowest BCUT2D eigenvalue weighted by molar-refractivity contribution is -0.292. The fraction of sp³-hybridized carbons (Fsp3) is 0.500. The van der Waals surface area contributed by atoms with Gasteiger partial charge in [-0.25, -0.2) is 0 Å². The molecule has 0 spiro atoms. The van der Waals surface area contributed by atoms with Gasteiger partial charge in [0, 0.05) is 0 Å². The van der Waals surface area contributed by atoms with Gasteiger partial charge >= 0.3 is 12.1 Å². The smallest absolute Gasteiger partial charge is 0.437 e. The minimum Gasteiger partial charge on any atom is -0.467 e. The molecule has 0 unspecified atom stereocenters. The summed E-state index contributed by atoms with van der Waals surface area (Å²) in [4.78, 5) is 12.0. The molecule has 0 saturated carbocycles. The van der Waals surface area contributed by atoms with Crippen molar-refractivity contribution in [3.63, 3.8) is 0 Å². The van der Waals surface area contributed by atoms with Crippen LogP contribution in [0, 0.1) is 5.92 Å². The predicted octanol–water partition coefficient (Wildman–Crippen LogP) is 1.23. The number of hydrogen-bond acceptors (Lipinski definition) is 5. The van der Waals surface area contributed by atoms with Crippen LogP contribution in [-0.4, -0.2) is 34.7 Å². The van der Waals surface area contributed by atoms with Crippen molar-refractivity contribution in [2.45, 2.75) is 24.9 Å². The van der Waals surface area contributed by atoms with Gasteiger partial charge in [-0.2, -0.15) is 13.2 Å². The number of rotatable bonds is 3. The fourth-order valence-electron chi connectivity index (χ4n) is 2.24. The van der Waals surface area contributed by atoms with Crippen LogP contribution < -0.4 is 10.6 Å². The van der Waals surface area contributed by atoms with Crippen molar-refractivity contribution in [2.75, 3.05) is 6.61 Å². The quantitative estimate of drug-likeness (QED) is 0.565. The second kappa shape index (κ2) is 5.76. The summed E-state index contributed by atoms with van der Waals surface area (Å²) >= 11 is 4.70. The van der Waals surface area contributed by atoms with E-state index in [4.69, 9.17) is 16.6 Å². The van der Waals surface area contributed by atoms with Gasteiger partial charge < -0.3 is 24.9 Å². The van der Waals surface area contributed by atoms with E-state index in [1.807, 2.05) is 0 Å². The third-order valence-electron chi connectivity index (χ3n) is 3.20. The van der Waals surface area contributed by atoms with Gasteiger partial charge in [-0.05, 0) is 31.3 Å².